The number of oxime groups is 1. The van der Waals surface area contributed by atoms with Gasteiger partial charge < -0.3 is 14.7 Å². The van der Waals surface area contributed by atoms with Crippen LogP contribution in [0.1, 0.15) is 18.1 Å². The molecule has 1 aromatic carbocycles. The summed E-state index contributed by atoms with van der Waals surface area (Å²) in [7, 11) is 3.25. The van der Waals surface area contributed by atoms with Crippen LogP contribution in [0.2, 0.25) is 0 Å². The summed E-state index contributed by atoms with van der Waals surface area (Å²) < 4.78 is 10.5. The number of ether oxygens (including phenoxy) is 2. The van der Waals surface area contributed by atoms with E-state index in [1.54, 1.807) is 21.1 Å². The average Bonchev–Trinajstić information content (AvgIpc) is 2.30. The molecule has 0 amide bonds. The van der Waals surface area contributed by atoms with Gasteiger partial charge in [-0.25, -0.2) is 0 Å². The van der Waals surface area contributed by atoms with Crippen molar-refractivity contribution in [3.8, 4) is 11.5 Å². The van der Waals surface area contributed by atoms with Crippen LogP contribution in [0.25, 0.3) is 0 Å². The van der Waals surface area contributed by atoms with Gasteiger partial charge in [0.15, 0.2) is 0 Å². The van der Waals surface area contributed by atoms with Gasteiger partial charge >= 0.3 is 0 Å². The van der Waals surface area contributed by atoms with Crippen molar-refractivity contribution < 1.29 is 14.7 Å². The van der Waals surface area contributed by atoms with Gasteiger partial charge in [0.2, 0.25) is 0 Å². The van der Waals surface area contributed by atoms with E-state index in [0.29, 0.717) is 12.1 Å². The Labute approximate surface area is 95.5 Å². The van der Waals surface area contributed by atoms with Gasteiger partial charge in [-0.1, -0.05) is 5.16 Å². The van der Waals surface area contributed by atoms with Crippen LogP contribution in [0.3, 0.4) is 0 Å². The average molecular weight is 223 g/mol. The fourth-order valence-corrected chi connectivity index (χ4v) is 1.56. The largest absolute Gasteiger partial charge is 0.496 e. The van der Waals surface area contributed by atoms with Crippen LogP contribution in [-0.4, -0.2) is 25.1 Å². The van der Waals surface area contributed by atoms with Crippen molar-refractivity contribution in [1.29, 1.82) is 0 Å². The number of methoxy groups -OCH3 is 2. The molecule has 0 saturated heterocycles. The molecule has 4 heteroatoms. The molecule has 4 nitrogen and oxygen atoms in total. The lowest BCUT2D eigenvalue weighted by atomic mass is 10.0. The molecule has 0 radical (unpaired) electrons. The fourth-order valence-electron chi connectivity index (χ4n) is 1.56. The molecule has 0 aliphatic carbocycles. The first kappa shape index (κ1) is 12.4. The van der Waals surface area contributed by atoms with Gasteiger partial charge in [0.05, 0.1) is 19.9 Å². The Kier molecular flexibility index (Phi) is 4.17. The lowest BCUT2D eigenvalue weighted by Gasteiger charge is -2.12. The van der Waals surface area contributed by atoms with E-state index >= 15 is 0 Å². The van der Waals surface area contributed by atoms with E-state index in [-0.39, 0.29) is 0 Å². The van der Waals surface area contributed by atoms with Crippen molar-refractivity contribution >= 4 is 5.71 Å². The summed E-state index contributed by atoms with van der Waals surface area (Å²) in [5.74, 6) is 1.59. The summed E-state index contributed by atoms with van der Waals surface area (Å²) in [6.45, 7) is 3.71. The summed E-state index contributed by atoms with van der Waals surface area (Å²) >= 11 is 0. The quantitative estimate of drug-likeness (QED) is 0.484. The normalized spacial score (nSPS) is 11.4. The molecule has 0 aliphatic heterocycles. The maximum absolute atomic E-state index is 8.66. The Balaban J connectivity index is 3.14. The SMILES string of the molecule is COc1cc(CC(C)=NO)c(OC)cc1C. The van der Waals surface area contributed by atoms with Crippen LogP contribution >= 0.6 is 0 Å². The summed E-state index contributed by atoms with van der Waals surface area (Å²) in [6.07, 6.45) is 0.538. The first-order chi connectivity index (χ1) is 7.62. The van der Waals surface area contributed by atoms with Crippen molar-refractivity contribution in [3.63, 3.8) is 0 Å². The molecule has 0 heterocycles. The van der Waals surface area contributed by atoms with Crippen molar-refractivity contribution in [2.24, 2.45) is 5.16 Å². The van der Waals surface area contributed by atoms with Gasteiger partial charge in [-0.3, -0.25) is 0 Å². The molecule has 88 valence electrons. The van der Waals surface area contributed by atoms with Crippen LogP contribution in [0, 0.1) is 6.92 Å². The summed E-state index contributed by atoms with van der Waals surface area (Å²) in [4.78, 5) is 0. The van der Waals surface area contributed by atoms with Crippen LogP contribution in [0.15, 0.2) is 17.3 Å². The van der Waals surface area contributed by atoms with Crippen molar-refractivity contribution in [2.75, 3.05) is 14.2 Å². The highest BCUT2D eigenvalue weighted by Crippen LogP contribution is 2.28. The molecule has 1 rings (SSSR count). The Morgan fingerprint density at radius 3 is 2.38 bits per heavy atom. The molecule has 0 bridgehead atoms. The molecule has 0 aliphatic rings. The third kappa shape index (κ3) is 2.66. The highest BCUT2D eigenvalue weighted by molar-refractivity contribution is 5.84. The van der Waals surface area contributed by atoms with E-state index in [0.717, 1.165) is 22.6 Å². The number of hydrogen-bond acceptors (Lipinski definition) is 4. The highest BCUT2D eigenvalue weighted by atomic mass is 16.5. The predicted octanol–water partition coefficient (Wildman–Crippen LogP) is 2.40. The monoisotopic (exact) mass is 223 g/mol. The third-order valence-electron chi connectivity index (χ3n) is 2.41. The second-order valence-electron chi connectivity index (χ2n) is 3.65. The topological polar surface area (TPSA) is 51.0 Å². The Morgan fingerprint density at radius 1 is 1.25 bits per heavy atom. The van der Waals surface area contributed by atoms with Gasteiger partial charge in [-0.2, -0.15) is 0 Å². The first-order valence-corrected chi connectivity index (χ1v) is 5.01. The van der Waals surface area contributed by atoms with Crippen LogP contribution in [-0.2, 0) is 6.42 Å². The predicted molar refractivity (Wildman–Crippen MR) is 62.9 cm³/mol. The van der Waals surface area contributed by atoms with E-state index in [4.69, 9.17) is 14.7 Å². The summed E-state index contributed by atoms with van der Waals surface area (Å²) in [6, 6.07) is 3.82. The van der Waals surface area contributed by atoms with E-state index in [1.165, 1.54) is 0 Å². The first-order valence-electron chi connectivity index (χ1n) is 5.01. The van der Waals surface area contributed by atoms with Crippen LogP contribution in [0.4, 0.5) is 0 Å². The molecule has 0 saturated carbocycles. The minimum atomic E-state index is 0.538. The number of rotatable bonds is 4. The van der Waals surface area contributed by atoms with E-state index in [2.05, 4.69) is 5.16 Å². The molecule has 0 unspecified atom stereocenters. The van der Waals surface area contributed by atoms with Gasteiger partial charge in [0.1, 0.15) is 11.5 Å². The molecule has 1 aromatic rings. The van der Waals surface area contributed by atoms with Gasteiger partial charge in [-0.05, 0) is 31.5 Å². The molecular weight excluding hydrogens is 206 g/mol. The molecule has 1 N–H and O–H groups in total. The van der Waals surface area contributed by atoms with E-state index in [9.17, 15) is 0 Å². The lowest BCUT2D eigenvalue weighted by Crippen LogP contribution is -2.02. The second kappa shape index (κ2) is 5.39. The highest BCUT2D eigenvalue weighted by Gasteiger charge is 2.09. The maximum Gasteiger partial charge on any atom is 0.122 e. The Morgan fingerprint density at radius 2 is 1.88 bits per heavy atom. The molecule has 16 heavy (non-hydrogen) atoms. The van der Waals surface area contributed by atoms with Gasteiger partial charge in [0.25, 0.3) is 0 Å². The summed E-state index contributed by atoms with van der Waals surface area (Å²) in [5.41, 5.74) is 2.59. The minimum Gasteiger partial charge on any atom is -0.496 e. The smallest absolute Gasteiger partial charge is 0.122 e. The van der Waals surface area contributed by atoms with Crippen LogP contribution in [0.5, 0.6) is 11.5 Å². The van der Waals surface area contributed by atoms with E-state index in [1.807, 2.05) is 19.1 Å². The number of hydrogen-bond donors (Lipinski definition) is 1. The third-order valence-corrected chi connectivity index (χ3v) is 2.41. The zero-order valence-corrected chi connectivity index (χ0v) is 10.1. The molecular formula is C12H17NO3. The second-order valence-corrected chi connectivity index (χ2v) is 3.65. The van der Waals surface area contributed by atoms with Crippen LogP contribution < -0.4 is 9.47 Å². The molecule has 0 fully saturated rings. The zero-order valence-electron chi connectivity index (χ0n) is 10.1. The van der Waals surface area contributed by atoms with Crippen molar-refractivity contribution in [1.82, 2.24) is 0 Å². The molecule has 0 aromatic heterocycles. The van der Waals surface area contributed by atoms with Gasteiger partial charge in [-0.15, -0.1) is 0 Å². The maximum atomic E-state index is 8.66. The van der Waals surface area contributed by atoms with Gasteiger partial charge in [0, 0.05) is 12.0 Å². The standard InChI is InChI=1S/C12H17NO3/c1-8-5-12(16-4)10(6-9(2)13-14)7-11(8)15-3/h5,7,14H,6H2,1-4H3. The molecule has 0 atom stereocenters. The number of aryl methyl sites for hydroxylation is 1. The van der Waals surface area contributed by atoms with E-state index < -0.39 is 0 Å². The fraction of sp³-hybridized carbons (Fsp3) is 0.417. The molecule has 0 spiro atoms. The van der Waals surface area contributed by atoms with Crippen molar-refractivity contribution in [2.45, 2.75) is 20.3 Å². The Bertz CT molecular complexity index is 399. The minimum absolute atomic E-state index is 0.538. The zero-order chi connectivity index (χ0) is 12.1. The summed E-state index contributed by atoms with van der Waals surface area (Å²) in [5, 5.41) is 11.8. The van der Waals surface area contributed by atoms with Crippen molar-refractivity contribution in [3.05, 3.63) is 23.3 Å². The number of nitrogens with zero attached hydrogens (tertiary/aromatic N) is 1. The number of benzene rings is 1. The lowest BCUT2D eigenvalue weighted by molar-refractivity contribution is 0.317. The Hall–Kier alpha value is -1.71.